The summed E-state index contributed by atoms with van der Waals surface area (Å²) < 4.78 is 0. The van der Waals surface area contributed by atoms with Gasteiger partial charge in [0.2, 0.25) is 5.91 Å². The molecule has 1 aromatic heterocycles. The lowest BCUT2D eigenvalue weighted by atomic mass is 10.0. The number of fused-ring (bicyclic) bond motifs is 1. The quantitative estimate of drug-likeness (QED) is 0.784. The van der Waals surface area contributed by atoms with Crippen LogP contribution in [0.4, 0.5) is 11.5 Å². The first-order valence-corrected chi connectivity index (χ1v) is 10.5. The van der Waals surface area contributed by atoms with Crippen molar-refractivity contribution in [2.75, 3.05) is 43.9 Å². The average molecular weight is 395 g/mol. The van der Waals surface area contributed by atoms with Gasteiger partial charge >= 0.3 is 0 Å². The Kier molecular flexibility index (Phi) is 6.06. The number of anilines is 2. The Morgan fingerprint density at radius 2 is 2.03 bits per heavy atom. The Morgan fingerprint density at radius 1 is 1.17 bits per heavy atom. The van der Waals surface area contributed by atoms with E-state index >= 15 is 0 Å². The molecule has 1 aromatic carbocycles. The predicted molar refractivity (Wildman–Crippen MR) is 115 cm³/mol. The lowest BCUT2D eigenvalue weighted by Crippen LogP contribution is -2.42. The van der Waals surface area contributed by atoms with Crippen molar-refractivity contribution in [2.24, 2.45) is 0 Å². The average Bonchev–Trinajstić information content (AvgIpc) is 3.21. The van der Waals surface area contributed by atoms with Gasteiger partial charge in [0.05, 0.1) is 18.3 Å². The molecular formula is C22H30N6O. The van der Waals surface area contributed by atoms with E-state index < -0.39 is 0 Å². The van der Waals surface area contributed by atoms with Gasteiger partial charge in [-0.15, -0.1) is 0 Å². The molecule has 4 rings (SSSR count). The van der Waals surface area contributed by atoms with Crippen LogP contribution >= 0.6 is 0 Å². The standard InChI is InChI=1S/C22H30N6O/c1-23-14-17-13-20(24-2)26-22(25-17)19-10-6-11-27(19)15-21(29)28-12-5-8-16-7-3-4-9-18(16)28/h3-4,7,9,13,19,23H,5-6,8,10-12,14-15H2,1-2H3,(H,24,25,26). The summed E-state index contributed by atoms with van der Waals surface area (Å²) in [6.07, 6.45) is 4.11. The third-order valence-corrected chi connectivity index (χ3v) is 5.82. The fraction of sp³-hybridized carbons (Fsp3) is 0.500. The van der Waals surface area contributed by atoms with E-state index in [9.17, 15) is 4.79 Å². The second kappa shape index (κ2) is 8.88. The SMILES string of the molecule is CNCc1cc(NC)nc(C2CCCN2CC(=O)N2CCCc3ccccc32)n1. The highest BCUT2D eigenvalue weighted by Gasteiger charge is 2.32. The number of hydrogen-bond donors (Lipinski definition) is 2. The third-order valence-electron chi connectivity index (χ3n) is 5.82. The maximum Gasteiger partial charge on any atom is 0.241 e. The highest BCUT2D eigenvalue weighted by atomic mass is 16.2. The van der Waals surface area contributed by atoms with Gasteiger partial charge in [0.15, 0.2) is 0 Å². The zero-order chi connectivity index (χ0) is 20.2. The molecule has 1 amide bonds. The third kappa shape index (κ3) is 4.26. The molecule has 1 unspecified atom stereocenters. The van der Waals surface area contributed by atoms with Crippen molar-refractivity contribution in [3.8, 4) is 0 Å². The lowest BCUT2D eigenvalue weighted by molar-refractivity contribution is -0.120. The molecule has 2 N–H and O–H groups in total. The van der Waals surface area contributed by atoms with Crippen LogP contribution in [-0.2, 0) is 17.8 Å². The number of nitrogens with zero attached hydrogens (tertiary/aromatic N) is 4. The summed E-state index contributed by atoms with van der Waals surface area (Å²) in [6.45, 7) is 2.81. The van der Waals surface area contributed by atoms with Gasteiger partial charge in [0.25, 0.3) is 0 Å². The Labute approximate surface area is 172 Å². The number of carbonyl (C=O) groups is 1. The molecule has 2 aliphatic rings. The summed E-state index contributed by atoms with van der Waals surface area (Å²) in [4.78, 5) is 26.9. The summed E-state index contributed by atoms with van der Waals surface area (Å²) in [5, 5.41) is 6.29. The zero-order valence-electron chi connectivity index (χ0n) is 17.3. The van der Waals surface area contributed by atoms with Gasteiger partial charge in [0.1, 0.15) is 11.6 Å². The number of carbonyl (C=O) groups excluding carboxylic acids is 1. The molecule has 7 nitrogen and oxygen atoms in total. The molecule has 1 atom stereocenters. The Hall–Kier alpha value is -2.51. The number of amides is 1. The first kappa shape index (κ1) is 19.8. The van der Waals surface area contributed by atoms with E-state index in [2.05, 4.69) is 33.7 Å². The monoisotopic (exact) mass is 394 g/mol. The Balaban J connectivity index is 1.52. The van der Waals surface area contributed by atoms with Crippen molar-refractivity contribution >= 4 is 17.4 Å². The van der Waals surface area contributed by atoms with Crippen LogP contribution in [0, 0.1) is 0 Å². The van der Waals surface area contributed by atoms with Gasteiger partial charge in [0, 0.05) is 31.9 Å². The van der Waals surface area contributed by atoms with Crippen LogP contribution in [0.15, 0.2) is 30.3 Å². The summed E-state index contributed by atoms with van der Waals surface area (Å²) in [6, 6.07) is 10.3. The lowest BCUT2D eigenvalue weighted by Gasteiger charge is -2.32. The van der Waals surface area contributed by atoms with Gasteiger partial charge in [-0.3, -0.25) is 9.69 Å². The number of para-hydroxylation sites is 1. The highest BCUT2D eigenvalue weighted by Crippen LogP contribution is 2.32. The predicted octanol–water partition coefficient (Wildman–Crippen LogP) is 2.35. The van der Waals surface area contributed by atoms with Crippen molar-refractivity contribution in [3.63, 3.8) is 0 Å². The second-order valence-electron chi connectivity index (χ2n) is 7.79. The maximum absolute atomic E-state index is 13.2. The molecule has 0 radical (unpaired) electrons. The first-order valence-electron chi connectivity index (χ1n) is 10.5. The Bertz CT molecular complexity index is 870. The van der Waals surface area contributed by atoms with Crippen LogP contribution in [0.3, 0.4) is 0 Å². The van der Waals surface area contributed by atoms with Crippen LogP contribution in [-0.4, -0.2) is 54.5 Å². The minimum Gasteiger partial charge on any atom is -0.373 e. The minimum atomic E-state index is 0.0860. The number of likely N-dealkylation sites (tertiary alicyclic amines) is 1. The van der Waals surface area contributed by atoms with E-state index in [-0.39, 0.29) is 11.9 Å². The molecule has 2 aliphatic heterocycles. The number of nitrogens with one attached hydrogen (secondary N) is 2. The van der Waals surface area contributed by atoms with E-state index in [4.69, 9.17) is 9.97 Å². The van der Waals surface area contributed by atoms with Gasteiger partial charge in [-0.05, 0) is 50.9 Å². The number of benzene rings is 1. The molecule has 154 valence electrons. The minimum absolute atomic E-state index is 0.0860. The van der Waals surface area contributed by atoms with Gasteiger partial charge < -0.3 is 15.5 Å². The van der Waals surface area contributed by atoms with Gasteiger partial charge in [-0.1, -0.05) is 18.2 Å². The van der Waals surface area contributed by atoms with Crippen molar-refractivity contribution in [2.45, 2.75) is 38.3 Å². The van der Waals surface area contributed by atoms with E-state index in [1.54, 1.807) is 0 Å². The number of aryl methyl sites for hydroxylation is 1. The van der Waals surface area contributed by atoms with E-state index in [0.717, 1.165) is 61.8 Å². The van der Waals surface area contributed by atoms with E-state index in [1.165, 1.54) is 5.56 Å². The van der Waals surface area contributed by atoms with Crippen molar-refractivity contribution in [3.05, 3.63) is 47.4 Å². The van der Waals surface area contributed by atoms with Crippen LogP contribution < -0.4 is 15.5 Å². The molecule has 0 saturated carbocycles. The molecule has 0 aliphatic carbocycles. The summed E-state index contributed by atoms with van der Waals surface area (Å²) in [7, 11) is 3.79. The van der Waals surface area contributed by atoms with E-state index in [1.807, 2.05) is 31.1 Å². The molecule has 1 fully saturated rings. The van der Waals surface area contributed by atoms with Crippen LogP contribution in [0.1, 0.15) is 42.4 Å². The summed E-state index contributed by atoms with van der Waals surface area (Å²) >= 11 is 0. The van der Waals surface area contributed by atoms with E-state index in [0.29, 0.717) is 13.1 Å². The normalized spacial score (nSPS) is 19.2. The van der Waals surface area contributed by atoms with Crippen molar-refractivity contribution in [1.82, 2.24) is 20.2 Å². The first-order chi connectivity index (χ1) is 14.2. The molecular weight excluding hydrogens is 364 g/mol. The van der Waals surface area contributed by atoms with Gasteiger partial charge in [-0.25, -0.2) is 9.97 Å². The smallest absolute Gasteiger partial charge is 0.241 e. The number of hydrogen-bond acceptors (Lipinski definition) is 6. The largest absolute Gasteiger partial charge is 0.373 e. The van der Waals surface area contributed by atoms with Crippen molar-refractivity contribution < 1.29 is 4.79 Å². The Morgan fingerprint density at radius 3 is 2.86 bits per heavy atom. The molecule has 29 heavy (non-hydrogen) atoms. The van der Waals surface area contributed by atoms with Crippen LogP contribution in [0.25, 0.3) is 0 Å². The fourth-order valence-electron chi connectivity index (χ4n) is 4.43. The molecule has 2 aromatic rings. The number of aromatic nitrogens is 2. The highest BCUT2D eigenvalue weighted by molar-refractivity contribution is 5.96. The zero-order valence-corrected chi connectivity index (χ0v) is 17.3. The number of rotatable bonds is 6. The fourth-order valence-corrected chi connectivity index (χ4v) is 4.43. The topological polar surface area (TPSA) is 73.4 Å². The van der Waals surface area contributed by atoms with Crippen LogP contribution in [0.2, 0.25) is 0 Å². The maximum atomic E-state index is 13.2. The second-order valence-corrected chi connectivity index (χ2v) is 7.79. The van der Waals surface area contributed by atoms with Crippen molar-refractivity contribution in [1.29, 1.82) is 0 Å². The van der Waals surface area contributed by atoms with Crippen LogP contribution in [0.5, 0.6) is 0 Å². The molecule has 7 heteroatoms. The summed E-state index contributed by atoms with van der Waals surface area (Å²) in [5.74, 6) is 1.80. The molecule has 0 bridgehead atoms. The molecule has 3 heterocycles. The molecule has 1 saturated heterocycles. The summed E-state index contributed by atoms with van der Waals surface area (Å²) in [5.41, 5.74) is 3.31. The molecule has 0 spiro atoms. The van der Waals surface area contributed by atoms with Gasteiger partial charge in [-0.2, -0.15) is 0 Å².